The molecule has 0 unspecified atom stereocenters. The molecule has 1 aromatic heterocycles. The number of piperazine rings is 1. The minimum absolute atomic E-state index is 0.157. The van der Waals surface area contributed by atoms with E-state index in [-0.39, 0.29) is 29.3 Å². The van der Waals surface area contributed by atoms with E-state index in [0.29, 0.717) is 29.5 Å². The highest BCUT2D eigenvalue weighted by atomic mass is 19.1. The number of likely N-dealkylation sites (N-methyl/N-ethyl adjacent to an activating group) is 1. The van der Waals surface area contributed by atoms with Gasteiger partial charge in [0.25, 0.3) is 0 Å². The van der Waals surface area contributed by atoms with E-state index in [0.717, 1.165) is 43.9 Å². The van der Waals surface area contributed by atoms with Crippen molar-refractivity contribution in [2.75, 3.05) is 63.7 Å². The number of amides is 1. The van der Waals surface area contributed by atoms with Crippen LogP contribution < -0.4 is 29.2 Å². The molecule has 254 valence electrons. The molecular formula is C36H43FN6O5. The van der Waals surface area contributed by atoms with Crippen molar-refractivity contribution in [3.63, 3.8) is 0 Å². The smallest absolute Gasteiger partial charge is 0.425 e. The quantitative estimate of drug-likeness (QED) is 0.176. The summed E-state index contributed by atoms with van der Waals surface area (Å²) in [6, 6.07) is 16.6. The first-order valence-corrected chi connectivity index (χ1v) is 16.0. The van der Waals surface area contributed by atoms with Crippen LogP contribution in [-0.4, -0.2) is 85.5 Å². The maximum Gasteiger partial charge on any atom is 0.425 e. The highest BCUT2D eigenvalue weighted by Crippen LogP contribution is 2.37. The number of nitrogens with zero attached hydrogens (tertiary/aromatic N) is 5. The number of carbonyl (C=O) groups is 1. The Morgan fingerprint density at radius 1 is 0.979 bits per heavy atom. The van der Waals surface area contributed by atoms with Gasteiger partial charge in [-0.15, -0.1) is 0 Å². The molecule has 1 N–H and O–H groups in total. The molecule has 12 heteroatoms. The molecule has 0 atom stereocenters. The van der Waals surface area contributed by atoms with Crippen LogP contribution in [0, 0.1) is 19.7 Å². The van der Waals surface area contributed by atoms with Crippen LogP contribution in [-0.2, 0) is 0 Å². The van der Waals surface area contributed by atoms with Crippen molar-refractivity contribution in [3.8, 4) is 23.0 Å². The summed E-state index contributed by atoms with van der Waals surface area (Å²) in [4.78, 5) is 29.0. The van der Waals surface area contributed by atoms with Crippen molar-refractivity contribution in [3.05, 3.63) is 83.8 Å². The molecule has 5 rings (SSSR count). The average Bonchev–Trinajstić information content (AvgIpc) is 3.05. The number of benzene rings is 3. The molecule has 4 aromatic rings. The monoisotopic (exact) mass is 658 g/mol. The van der Waals surface area contributed by atoms with E-state index in [1.165, 1.54) is 29.3 Å². The molecule has 0 spiro atoms. The van der Waals surface area contributed by atoms with Gasteiger partial charge in [-0.3, -0.25) is 4.90 Å². The van der Waals surface area contributed by atoms with Gasteiger partial charge in [0.1, 0.15) is 29.7 Å². The van der Waals surface area contributed by atoms with E-state index in [1.54, 1.807) is 19.2 Å². The number of hydrogen-bond donors (Lipinski definition) is 1. The number of anilines is 4. The van der Waals surface area contributed by atoms with Crippen molar-refractivity contribution in [2.45, 2.75) is 33.8 Å². The van der Waals surface area contributed by atoms with Crippen LogP contribution in [0.3, 0.4) is 0 Å². The molecule has 1 aliphatic heterocycles. The number of para-hydroxylation sites is 1. The molecule has 0 radical (unpaired) electrons. The van der Waals surface area contributed by atoms with E-state index in [9.17, 15) is 9.18 Å². The highest BCUT2D eigenvalue weighted by molar-refractivity contribution is 5.98. The number of ether oxygens (including phenoxy) is 4. The first kappa shape index (κ1) is 34.4. The first-order chi connectivity index (χ1) is 23.1. The van der Waals surface area contributed by atoms with E-state index < -0.39 is 11.9 Å². The maximum atomic E-state index is 14.4. The summed E-state index contributed by atoms with van der Waals surface area (Å²) >= 11 is 0. The number of aromatic nitrogens is 2. The number of hydrogen-bond acceptors (Lipinski definition) is 10. The van der Waals surface area contributed by atoms with Gasteiger partial charge in [0.15, 0.2) is 11.5 Å². The summed E-state index contributed by atoms with van der Waals surface area (Å²) in [5, 5.41) is 3.19. The van der Waals surface area contributed by atoms with Crippen LogP contribution >= 0.6 is 0 Å². The van der Waals surface area contributed by atoms with Crippen LogP contribution in [0.2, 0.25) is 0 Å². The fraction of sp³-hybridized carbons (Fsp3) is 0.361. The predicted molar refractivity (Wildman–Crippen MR) is 184 cm³/mol. The van der Waals surface area contributed by atoms with Crippen molar-refractivity contribution < 1.29 is 28.1 Å². The number of carbonyl (C=O) groups excluding carboxylic acids is 1. The van der Waals surface area contributed by atoms with Gasteiger partial charge in [0.2, 0.25) is 5.95 Å². The van der Waals surface area contributed by atoms with E-state index >= 15 is 0 Å². The molecule has 1 fully saturated rings. The van der Waals surface area contributed by atoms with Gasteiger partial charge in [-0.05, 0) is 70.1 Å². The molecule has 0 saturated carbocycles. The number of nitrogens with one attached hydrogen (secondary N) is 1. The minimum Gasteiger partial charge on any atom is -0.493 e. The van der Waals surface area contributed by atoms with Crippen LogP contribution in [0.4, 0.5) is 32.3 Å². The van der Waals surface area contributed by atoms with Crippen LogP contribution in [0.25, 0.3) is 0 Å². The van der Waals surface area contributed by atoms with Gasteiger partial charge >= 0.3 is 6.09 Å². The van der Waals surface area contributed by atoms with Crippen molar-refractivity contribution >= 4 is 29.2 Å². The number of aryl methyl sites for hydroxylation is 2. The molecule has 2 heterocycles. The molecule has 48 heavy (non-hydrogen) atoms. The van der Waals surface area contributed by atoms with E-state index in [4.69, 9.17) is 18.9 Å². The Kier molecular flexibility index (Phi) is 11.3. The number of rotatable bonds is 12. The number of methoxy groups -OCH3 is 1. The Balaban J connectivity index is 1.40. The van der Waals surface area contributed by atoms with Gasteiger partial charge in [-0.1, -0.05) is 18.2 Å². The standard InChI is InChI=1S/C36H43FN6O5/c1-24(2)47-31-22-27(37)10-12-29(31)43(36(44)48-34-25(3)8-7-9-26(34)4)33-14-15-38-35(40-33)39-28-11-13-30(32(23-28)45-6)46-21-20-42-18-16-41(5)17-19-42/h7-15,22-24H,16-21H2,1-6H3,(H,38,39,40). The zero-order chi connectivity index (χ0) is 34.2. The highest BCUT2D eigenvalue weighted by Gasteiger charge is 2.27. The molecule has 1 amide bonds. The SMILES string of the molecule is COc1cc(Nc2nccc(N(C(=O)Oc3c(C)cccc3C)c3ccc(F)cc3OC(C)C)n2)ccc1OCCN1CCN(C)CC1. The fourth-order valence-electron chi connectivity index (χ4n) is 5.31. The second kappa shape index (κ2) is 15.8. The summed E-state index contributed by atoms with van der Waals surface area (Å²) in [6.07, 6.45) is 0.471. The van der Waals surface area contributed by atoms with Crippen LogP contribution in [0.15, 0.2) is 66.9 Å². The Bertz CT molecular complexity index is 1690. The zero-order valence-electron chi connectivity index (χ0n) is 28.3. The molecule has 0 bridgehead atoms. The Hall–Kier alpha value is -4.94. The lowest BCUT2D eigenvalue weighted by molar-refractivity contribution is 0.133. The van der Waals surface area contributed by atoms with Gasteiger partial charge in [-0.25, -0.2) is 19.1 Å². The van der Waals surface area contributed by atoms with Gasteiger partial charge in [0.05, 0.1) is 18.9 Å². The summed E-state index contributed by atoms with van der Waals surface area (Å²) in [5.41, 5.74) is 2.47. The van der Waals surface area contributed by atoms with Gasteiger partial charge in [-0.2, -0.15) is 4.98 Å². The second-order valence-electron chi connectivity index (χ2n) is 11.9. The molecular weight excluding hydrogens is 615 g/mol. The Morgan fingerprint density at radius 3 is 2.44 bits per heavy atom. The summed E-state index contributed by atoms with van der Waals surface area (Å²) in [5.74, 6) is 1.63. The van der Waals surface area contributed by atoms with Crippen molar-refractivity contribution in [1.82, 2.24) is 19.8 Å². The van der Waals surface area contributed by atoms with Gasteiger partial charge < -0.3 is 29.2 Å². The van der Waals surface area contributed by atoms with Crippen molar-refractivity contribution in [2.24, 2.45) is 0 Å². The lowest BCUT2D eigenvalue weighted by Gasteiger charge is -2.32. The third kappa shape index (κ3) is 8.69. The molecule has 1 saturated heterocycles. The van der Waals surface area contributed by atoms with Crippen LogP contribution in [0.1, 0.15) is 25.0 Å². The third-order valence-corrected chi connectivity index (χ3v) is 7.86. The van der Waals surface area contributed by atoms with Gasteiger partial charge in [0, 0.05) is 62.8 Å². The third-order valence-electron chi connectivity index (χ3n) is 7.86. The zero-order valence-corrected chi connectivity index (χ0v) is 28.3. The topological polar surface area (TPSA) is 102 Å². The Labute approximate surface area is 281 Å². The second-order valence-corrected chi connectivity index (χ2v) is 11.9. The fourth-order valence-corrected chi connectivity index (χ4v) is 5.31. The lowest BCUT2D eigenvalue weighted by Crippen LogP contribution is -2.45. The lowest BCUT2D eigenvalue weighted by atomic mass is 10.1. The largest absolute Gasteiger partial charge is 0.493 e. The van der Waals surface area contributed by atoms with Crippen molar-refractivity contribution in [1.29, 1.82) is 0 Å². The minimum atomic E-state index is -0.753. The summed E-state index contributed by atoms with van der Waals surface area (Å²) in [6.45, 7) is 12.9. The molecule has 0 aliphatic carbocycles. The predicted octanol–water partition coefficient (Wildman–Crippen LogP) is 6.74. The number of halogens is 1. The van der Waals surface area contributed by atoms with E-state index in [1.807, 2.05) is 58.0 Å². The molecule has 1 aliphatic rings. The molecule has 11 nitrogen and oxygen atoms in total. The summed E-state index contributed by atoms with van der Waals surface area (Å²) in [7, 11) is 3.72. The Morgan fingerprint density at radius 2 is 1.73 bits per heavy atom. The summed E-state index contributed by atoms with van der Waals surface area (Å²) < 4.78 is 38.0. The normalized spacial score (nSPS) is 13.7. The first-order valence-electron chi connectivity index (χ1n) is 16.0. The maximum absolute atomic E-state index is 14.4. The average molecular weight is 659 g/mol. The van der Waals surface area contributed by atoms with Crippen LogP contribution in [0.5, 0.6) is 23.0 Å². The molecule has 3 aromatic carbocycles. The van der Waals surface area contributed by atoms with E-state index in [2.05, 4.69) is 32.1 Å².